The number of rotatable bonds is 6. The van der Waals surface area contributed by atoms with E-state index in [1.807, 2.05) is 0 Å². The molecule has 0 aliphatic carbocycles. The minimum absolute atomic E-state index is 0.0259. The van der Waals surface area contributed by atoms with E-state index in [1.54, 1.807) is 9.96 Å². The van der Waals surface area contributed by atoms with Crippen LogP contribution in [-0.4, -0.2) is 48.4 Å². The molecule has 9 heteroatoms. The summed E-state index contributed by atoms with van der Waals surface area (Å²) in [5, 5.41) is 1.72. The number of piperazine rings is 1. The number of alkyl halides is 3. The Balaban J connectivity index is 1.41. The smallest absolute Gasteiger partial charge is 0.406 e. The number of hydrogen-bond donors (Lipinski definition) is 0. The second kappa shape index (κ2) is 9.13. The van der Waals surface area contributed by atoms with Gasteiger partial charge in [0, 0.05) is 19.5 Å². The fourth-order valence-corrected chi connectivity index (χ4v) is 2.94. The van der Waals surface area contributed by atoms with Crippen molar-refractivity contribution in [2.75, 3.05) is 26.2 Å². The molecule has 0 aromatic heterocycles. The van der Waals surface area contributed by atoms with E-state index in [4.69, 9.17) is 4.84 Å². The molecule has 0 radical (unpaired) electrons. The molecule has 0 atom stereocenters. The summed E-state index contributed by atoms with van der Waals surface area (Å²) in [4.78, 5) is 19.8. The monoisotopic (exact) mass is 412 g/mol. The van der Waals surface area contributed by atoms with E-state index in [1.165, 1.54) is 48.5 Å². The molecule has 5 nitrogen and oxygen atoms in total. The van der Waals surface area contributed by atoms with Crippen LogP contribution in [0, 0.1) is 5.82 Å². The van der Waals surface area contributed by atoms with E-state index in [9.17, 15) is 22.4 Å². The number of nitrogens with zero attached hydrogens (tertiary/aromatic N) is 2. The Labute approximate surface area is 165 Å². The van der Waals surface area contributed by atoms with Gasteiger partial charge < -0.3 is 14.5 Å². The van der Waals surface area contributed by atoms with Crippen molar-refractivity contribution < 1.29 is 31.9 Å². The molecule has 1 aliphatic rings. The van der Waals surface area contributed by atoms with Gasteiger partial charge in [-0.2, -0.15) is 0 Å². The average Bonchev–Trinajstić information content (AvgIpc) is 2.68. The van der Waals surface area contributed by atoms with Crippen LogP contribution < -0.4 is 9.57 Å². The normalized spacial score (nSPS) is 15.2. The molecular formula is C20H20F4N2O3. The highest BCUT2D eigenvalue weighted by Crippen LogP contribution is 2.23. The van der Waals surface area contributed by atoms with Crippen molar-refractivity contribution >= 4 is 5.91 Å². The van der Waals surface area contributed by atoms with Crippen molar-refractivity contribution in [3.8, 4) is 11.5 Å². The number of carbonyl (C=O) groups excluding carboxylic acids is 1. The summed E-state index contributed by atoms with van der Waals surface area (Å²) in [5.41, 5.74) is 0.756. The quantitative estimate of drug-likeness (QED) is 0.677. The first kappa shape index (κ1) is 20.9. The molecule has 0 unspecified atom stereocenters. The largest absolute Gasteiger partial charge is 0.573 e. The molecule has 1 saturated heterocycles. The highest BCUT2D eigenvalue weighted by Gasteiger charge is 2.31. The van der Waals surface area contributed by atoms with Gasteiger partial charge in [-0.25, -0.2) is 4.39 Å². The zero-order chi connectivity index (χ0) is 20.9. The summed E-state index contributed by atoms with van der Waals surface area (Å²) in [6.07, 6.45) is -4.03. The third-order valence-corrected chi connectivity index (χ3v) is 4.42. The standard InChI is InChI=1S/C20H20F4N2O3/c21-16-4-8-18(9-5-16)29-26-13-11-25(12-14-26)19(27)10-3-15-1-6-17(7-2-15)28-20(22,23)24/h1-2,4-9H,3,10-14H2. The second-order valence-corrected chi connectivity index (χ2v) is 6.55. The molecule has 0 saturated carbocycles. The van der Waals surface area contributed by atoms with Gasteiger partial charge in [-0.05, 0) is 48.4 Å². The maximum Gasteiger partial charge on any atom is 0.573 e. The lowest BCUT2D eigenvalue weighted by Gasteiger charge is -2.34. The number of carbonyl (C=O) groups is 1. The van der Waals surface area contributed by atoms with Gasteiger partial charge in [-0.15, -0.1) is 18.2 Å². The number of aryl methyl sites for hydroxylation is 1. The van der Waals surface area contributed by atoms with Gasteiger partial charge in [-0.3, -0.25) is 4.79 Å². The molecule has 1 heterocycles. The Morgan fingerprint density at radius 3 is 2.07 bits per heavy atom. The van der Waals surface area contributed by atoms with Crippen molar-refractivity contribution in [1.82, 2.24) is 9.96 Å². The van der Waals surface area contributed by atoms with Crippen LogP contribution in [0.15, 0.2) is 48.5 Å². The number of ether oxygens (including phenoxy) is 1. The van der Waals surface area contributed by atoms with Crippen LogP contribution >= 0.6 is 0 Å². The first-order valence-electron chi connectivity index (χ1n) is 9.09. The zero-order valence-electron chi connectivity index (χ0n) is 15.5. The Hall–Kier alpha value is -2.81. The van der Waals surface area contributed by atoms with Gasteiger partial charge in [-0.1, -0.05) is 12.1 Å². The van der Waals surface area contributed by atoms with Gasteiger partial charge in [0.05, 0.1) is 13.1 Å². The number of hydrogen-bond acceptors (Lipinski definition) is 4. The van der Waals surface area contributed by atoms with E-state index < -0.39 is 6.36 Å². The topological polar surface area (TPSA) is 42.0 Å². The first-order chi connectivity index (χ1) is 13.8. The molecule has 1 fully saturated rings. The van der Waals surface area contributed by atoms with Crippen molar-refractivity contribution in [3.05, 3.63) is 59.9 Å². The summed E-state index contributed by atoms with van der Waals surface area (Å²) in [7, 11) is 0. The third-order valence-electron chi connectivity index (χ3n) is 4.42. The molecule has 156 valence electrons. The molecule has 1 aliphatic heterocycles. The Kier molecular flexibility index (Phi) is 6.58. The van der Waals surface area contributed by atoms with Crippen LogP contribution in [0.4, 0.5) is 17.6 Å². The van der Waals surface area contributed by atoms with Gasteiger partial charge in [0.25, 0.3) is 0 Å². The van der Waals surface area contributed by atoms with Gasteiger partial charge in [0.1, 0.15) is 17.3 Å². The van der Waals surface area contributed by atoms with Gasteiger partial charge in [0.15, 0.2) is 0 Å². The third kappa shape index (κ3) is 6.63. The highest BCUT2D eigenvalue weighted by molar-refractivity contribution is 5.76. The van der Waals surface area contributed by atoms with E-state index in [2.05, 4.69) is 4.74 Å². The van der Waals surface area contributed by atoms with Gasteiger partial charge in [0.2, 0.25) is 5.91 Å². The lowest BCUT2D eigenvalue weighted by molar-refractivity contribution is -0.274. The minimum atomic E-state index is -4.72. The zero-order valence-corrected chi connectivity index (χ0v) is 15.5. The molecule has 1 amide bonds. The Morgan fingerprint density at radius 2 is 1.48 bits per heavy atom. The SMILES string of the molecule is O=C(CCc1ccc(OC(F)(F)F)cc1)N1CCN(Oc2ccc(F)cc2)CC1. The molecule has 29 heavy (non-hydrogen) atoms. The molecule has 0 N–H and O–H groups in total. The lowest BCUT2D eigenvalue weighted by Crippen LogP contribution is -2.49. The second-order valence-electron chi connectivity index (χ2n) is 6.55. The summed E-state index contributed by atoms with van der Waals surface area (Å²) in [6, 6.07) is 11.2. The predicted octanol–water partition coefficient (Wildman–Crippen LogP) is 3.80. The fourth-order valence-electron chi connectivity index (χ4n) is 2.94. The van der Waals surface area contributed by atoms with Crippen LogP contribution in [0.2, 0.25) is 0 Å². The van der Waals surface area contributed by atoms with Crippen LogP contribution in [-0.2, 0) is 11.2 Å². The Morgan fingerprint density at radius 1 is 0.897 bits per heavy atom. The van der Waals surface area contributed by atoms with E-state index >= 15 is 0 Å². The molecular weight excluding hydrogens is 392 g/mol. The number of amides is 1. The maximum absolute atomic E-state index is 12.9. The van der Waals surface area contributed by atoms with Gasteiger partial charge >= 0.3 is 6.36 Å². The average molecular weight is 412 g/mol. The van der Waals surface area contributed by atoms with Crippen molar-refractivity contribution in [2.45, 2.75) is 19.2 Å². The number of hydroxylamine groups is 2. The van der Waals surface area contributed by atoms with Crippen molar-refractivity contribution in [2.24, 2.45) is 0 Å². The van der Waals surface area contributed by atoms with Crippen LogP contribution in [0.1, 0.15) is 12.0 Å². The van der Waals surface area contributed by atoms with E-state index in [-0.39, 0.29) is 23.9 Å². The van der Waals surface area contributed by atoms with E-state index in [0.29, 0.717) is 38.3 Å². The van der Waals surface area contributed by atoms with Crippen molar-refractivity contribution in [1.29, 1.82) is 0 Å². The number of halogens is 4. The van der Waals surface area contributed by atoms with Crippen LogP contribution in [0.5, 0.6) is 11.5 Å². The summed E-state index contributed by atoms with van der Waals surface area (Å²) in [6.45, 7) is 2.04. The molecule has 0 bridgehead atoms. The number of benzene rings is 2. The van der Waals surface area contributed by atoms with Crippen molar-refractivity contribution in [3.63, 3.8) is 0 Å². The summed E-state index contributed by atoms with van der Waals surface area (Å²) in [5.74, 6) is -0.119. The molecule has 0 spiro atoms. The van der Waals surface area contributed by atoms with Crippen LogP contribution in [0.3, 0.4) is 0 Å². The molecule has 2 aromatic rings. The van der Waals surface area contributed by atoms with E-state index in [0.717, 1.165) is 5.56 Å². The maximum atomic E-state index is 12.9. The molecule has 2 aromatic carbocycles. The predicted molar refractivity (Wildman–Crippen MR) is 96.6 cm³/mol. The highest BCUT2D eigenvalue weighted by atomic mass is 19.4. The summed E-state index contributed by atoms with van der Waals surface area (Å²) < 4.78 is 53.2. The lowest BCUT2D eigenvalue weighted by atomic mass is 10.1. The first-order valence-corrected chi connectivity index (χ1v) is 9.09. The van der Waals surface area contributed by atoms with Crippen LogP contribution in [0.25, 0.3) is 0 Å². The minimum Gasteiger partial charge on any atom is -0.406 e. The summed E-state index contributed by atoms with van der Waals surface area (Å²) >= 11 is 0. The Bertz CT molecular complexity index is 802. The molecule has 3 rings (SSSR count). The fraction of sp³-hybridized carbons (Fsp3) is 0.350.